The molecule has 3 heteroatoms. The highest BCUT2D eigenvalue weighted by molar-refractivity contribution is 6.80. The van der Waals surface area contributed by atoms with Crippen molar-refractivity contribution in [1.82, 2.24) is 5.32 Å². The second kappa shape index (κ2) is 8.02. The third-order valence-electron chi connectivity index (χ3n) is 1.21. The number of nitrogens with one attached hydrogen (secondary N) is 1. The van der Waals surface area contributed by atoms with Gasteiger partial charge >= 0.3 is 29.7 Å². The largest absolute Gasteiger partial charge is 1.59 e. The second-order valence-electron chi connectivity index (χ2n) is 1.81. The Morgan fingerprint density at radius 2 is 1.50 bits per heavy atom. The molecule has 0 aromatic rings. The average molecular weight is 145 g/mol. The van der Waals surface area contributed by atoms with Crippen molar-refractivity contribution in [2.24, 2.45) is 0 Å². The molecule has 0 bridgehead atoms. The van der Waals surface area contributed by atoms with Crippen molar-refractivity contribution in [1.29, 1.82) is 0 Å². The molecule has 0 spiro atoms. The van der Waals surface area contributed by atoms with E-state index in [-0.39, 0.29) is 0 Å². The van der Waals surface area contributed by atoms with Gasteiger partial charge in [0.1, 0.15) is 0 Å². The molecule has 1 heterocycles. The molecule has 1 rings (SSSR count). The van der Waals surface area contributed by atoms with Gasteiger partial charge < -0.3 is 5.32 Å². The molecule has 0 unspecified atom stereocenters. The topological polar surface area (TPSA) is 12.0 Å². The zero-order chi connectivity index (χ0) is 6.24. The van der Waals surface area contributed by atoms with Crippen LogP contribution in [-0.4, -0.2) is 33.7 Å². The van der Waals surface area contributed by atoms with Crippen molar-refractivity contribution in [2.75, 3.05) is 13.1 Å². The highest BCUT2D eigenvalue weighted by Gasteiger charge is 2.16. The highest BCUT2D eigenvalue weighted by Crippen LogP contribution is 1.96. The van der Waals surface area contributed by atoms with Gasteiger partial charge in [0.25, 0.3) is 0 Å². The molecule has 1 nitrogen and oxygen atoms in total. The minimum Gasteiger partial charge on any atom is -0.317 e. The van der Waals surface area contributed by atoms with Crippen LogP contribution in [0.25, 0.3) is 0 Å². The SMILES string of the molecule is C1CCNCC1.[Mg+2][Cl]. The molecule has 0 aromatic heterocycles. The molecule has 0 atom stereocenters. The van der Waals surface area contributed by atoms with Crippen LogP contribution < -0.4 is 5.32 Å². The highest BCUT2D eigenvalue weighted by atomic mass is 35.5. The minimum absolute atomic E-state index is 1.25. The van der Waals surface area contributed by atoms with Gasteiger partial charge in [0.15, 0.2) is 0 Å². The monoisotopic (exact) mass is 144 g/mol. The van der Waals surface area contributed by atoms with Crippen molar-refractivity contribution < 1.29 is 0 Å². The molecule has 1 N–H and O–H groups in total. The van der Waals surface area contributed by atoms with Crippen molar-refractivity contribution in [2.45, 2.75) is 19.3 Å². The third kappa shape index (κ3) is 5.16. The summed E-state index contributed by atoms with van der Waals surface area (Å²) in [7, 11) is 4.67. The third-order valence-corrected chi connectivity index (χ3v) is 1.21. The zero-order valence-electron chi connectivity index (χ0n) is 5.12. The summed E-state index contributed by atoms with van der Waals surface area (Å²) in [5, 5.41) is 3.28. The molecular formula is C5H11ClMgN+2. The van der Waals surface area contributed by atoms with E-state index in [4.69, 9.17) is 0 Å². The summed E-state index contributed by atoms with van der Waals surface area (Å²) in [6.07, 6.45) is 4.22. The number of rotatable bonds is 0. The summed E-state index contributed by atoms with van der Waals surface area (Å²) < 4.78 is 0. The first kappa shape index (κ1) is 9.02. The van der Waals surface area contributed by atoms with Gasteiger partial charge in [-0.1, -0.05) is 6.42 Å². The van der Waals surface area contributed by atoms with Gasteiger partial charge in [-0.2, -0.15) is 0 Å². The minimum atomic E-state index is 1.25. The number of piperidine rings is 1. The Bertz CT molecular complexity index is 27.9. The van der Waals surface area contributed by atoms with Crippen LogP contribution in [0, 0.1) is 0 Å². The molecule has 0 saturated carbocycles. The lowest BCUT2D eigenvalue weighted by Crippen LogP contribution is -2.21. The first-order valence-electron chi connectivity index (χ1n) is 2.97. The Hall–Kier alpha value is 1.02. The van der Waals surface area contributed by atoms with Crippen LogP contribution >= 0.6 is 9.07 Å². The fourth-order valence-electron chi connectivity index (χ4n) is 0.802. The van der Waals surface area contributed by atoms with Gasteiger partial charge in [-0.15, -0.1) is 0 Å². The van der Waals surface area contributed by atoms with E-state index in [2.05, 4.69) is 14.4 Å². The van der Waals surface area contributed by atoms with Gasteiger partial charge in [0.05, 0.1) is 0 Å². The lowest BCUT2D eigenvalue weighted by Gasteiger charge is -2.08. The summed E-state index contributed by atoms with van der Waals surface area (Å²) in [6, 6.07) is 0. The van der Waals surface area contributed by atoms with Crippen LogP contribution in [-0.2, 0) is 0 Å². The Morgan fingerprint density at radius 1 is 1.00 bits per heavy atom. The van der Waals surface area contributed by atoms with E-state index in [0.29, 0.717) is 0 Å². The predicted molar refractivity (Wildman–Crippen MR) is 38.3 cm³/mol. The quantitative estimate of drug-likeness (QED) is 0.502. The fourth-order valence-corrected chi connectivity index (χ4v) is 0.802. The van der Waals surface area contributed by atoms with Crippen molar-refractivity contribution in [3.63, 3.8) is 0 Å². The molecule has 43 valence electrons. The van der Waals surface area contributed by atoms with Crippen LogP contribution in [0.4, 0.5) is 0 Å². The van der Waals surface area contributed by atoms with Crippen LogP contribution in [0.1, 0.15) is 19.3 Å². The van der Waals surface area contributed by atoms with E-state index in [1.807, 2.05) is 0 Å². The number of hydrogen-bond acceptors (Lipinski definition) is 1. The molecule has 0 aliphatic carbocycles. The maximum Gasteiger partial charge on any atom is 1.59 e. The van der Waals surface area contributed by atoms with E-state index >= 15 is 0 Å². The molecule has 1 saturated heterocycles. The molecule has 7 radical (unpaired) electrons. The maximum atomic E-state index is 4.67. The molecule has 8 heavy (non-hydrogen) atoms. The summed E-state index contributed by atoms with van der Waals surface area (Å²) >= 11 is 1.33. The number of halogens is 1. The van der Waals surface area contributed by atoms with Crippen molar-refractivity contribution in [3.8, 4) is 0 Å². The van der Waals surface area contributed by atoms with E-state index in [1.165, 1.54) is 53.0 Å². The summed E-state index contributed by atoms with van der Waals surface area (Å²) in [6.45, 7) is 2.50. The van der Waals surface area contributed by atoms with Gasteiger partial charge in [-0.3, -0.25) is 0 Å². The smallest absolute Gasteiger partial charge is 0.317 e. The lowest BCUT2D eigenvalue weighted by molar-refractivity contribution is 0.520. The zero-order valence-corrected chi connectivity index (χ0v) is 7.29. The van der Waals surface area contributed by atoms with Crippen LogP contribution in [0.15, 0.2) is 0 Å². The van der Waals surface area contributed by atoms with E-state index in [9.17, 15) is 0 Å². The second-order valence-corrected chi connectivity index (χ2v) is 1.81. The molecular weight excluding hydrogens is 134 g/mol. The summed E-state index contributed by atoms with van der Waals surface area (Å²) in [5.74, 6) is 0. The summed E-state index contributed by atoms with van der Waals surface area (Å²) in [4.78, 5) is 0. The first-order chi connectivity index (χ1) is 4.00. The van der Waals surface area contributed by atoms with Crippen LogP contribution in [0.2, 0.25) is 0 Å². The molecule has 1 aliphatic heterocycles. The number of hydrogen-bond donors (Lipinski definition) is 1. The Balaban J connectivity index is 0.000000222. The summed E-state index contributed by atoms with van der Waals surface area (Å²) in [5.41, 5.74) is 0. The lowest BCUT2D eigenvalue weighted by atomic mass is 10.2. The van der Waals surface area contributed by atoms with Crippen LogP contribution in [0.3, 0.4) is 0 Å². The molecule has 0 amide bonds. The van der Waals surface area contributed by atoms with Gasteiger partial charge in [-0.25, -0.2) is 0 Å². The fraction of sp³-hybridized carbons (Fsp3) is 1.00. The Kier molecular flexibility index (Phi) is 9.03. The molecule has 1 fully saturated rings. The van der Waals surface area contributed by atoms with E-state index in [1.54, 1.807) is 0 Å². The predicted octanol–water partition coefficient (Wildman–Crippen LogP) is 1.07. The van der Waals surface area contributed by atoms with E-state index < -0.39 is 0 Å². The molecule has 1 aliphatic rings. The van der Waals surface area contributed by atoms with Crippen molar-refractivity contribution in [3.05, 3.63) is 0 Å². The van der Waals surface area contributed by atoms with Crippen molar-refractivity contribution >= 4 is 29.7 Å². The van der Waals surface area contributed by atoms with E-state index in [0.717, 1.165) is 0 Å². The van der Waals surface area contributed by atoms with Gasteiger partial charge in [0, 0.05) is 0 Å². The Labute approximate surface area is 67.4 Å². The first-order valence-corrected chi connectivity index (χ1v) is 5.11. The van der Waals surface area contributed by atoms with Gasteiger partial charge in [-0.05, 0) is 25.9 Å². The molecule has 0 aromatic carbocycles. The van der Waals surface area contributed by atoms with Gasteiger partial charge in [0.2, 0.25) is 0 Å². The maximum absolute atomic E-state index is 4.67. The van der Waals surface area contributed by atoms with Crippen LogP contribution in [0.5, 0.6) is 0 Å². The Morgan fingerprint density at radius 3 is 1.62 bits per heavy atom. The standard InChI is InChI=1S/C5H11N.ClH.Mg/c1-2-4-6-5-3-1;;/h6H,1-5H2;1H;/q;;+3/p-1. The normalized spacial score (nSPS) is 18.8. The average Bonchev–Trinajstić information content (AvgIpc) is 1.96.